The van der Waals surface area contributed by atoms with Crippen molar-refractivity contribution in [2.75, 3.05) is 0 Å². The van der Waals surface area contributed by atoms with Gasteiger partial charge in [0.2, 0.25) is 0 Å². The molecule has 2 N–H and O–H groups in total. The molecule has 0 atom stereocenters. The number of rotatable bonds is 4. The minimum atomic E-state index is -0.831. The maximum Gasteiger partial charge on any atom is 0.303 e. The second-order valence-electron chi connectivity index (χ2n) is 3.72. The molecule has 1 aromatic carbocycles. The minimum Gasteiger partial charge on any atom is -0.508 e. The number of phenols is 1. The van der Waals surface area contributed by atoms with E-state index >= 15 is 0 Å². The molecule has 4 heteroatoms. The van der Waals surface area contributed by atoms with Gasteiger partial charge in [-0.2, -0.15) is 0 Å². The lowest BCUT2D eigenvalue weighted by atomic mass is 10.1. The van der Waals surface area contributed by atoms with Crippen LogP contribution in [0.25, 0.3) is 11.3 Å². The molecule has 1 heterocycles. The number of carbonyl (C=O) groups is 1. The smallest absolute Gasteiger partial charge is 0.303 e. The van der Waals surface area contributed by atoms with Crippen LogP contribution in [0, 0.1) is 0 Å². The van der Waals surface area contributed by atoms with Gasteiger partial charge in [-0.1, -0.05) is 0 Å². The van der Waals surface area contributed by atoms with Crippen LogP contribution in [0.5, 0.6) is 5.75 Å². The summed E-state index contributed by atoms with van der Waals surface area (Å²) in [5.41, 5.74) is 1.69. The third kappa shape index (κ3) is 2.66. The highest BCUT2D eigenvalue weighted by Crippen LogP contribution is 2.27. The van der Waals surface area contributed by atoms with Crippen molar-refractivity contribution < 1.29 is 19.4 Å². The lowest BCUT2D eigenvalue weighted by Gasteiger charge is -2.01. The number of phenolic OH excluding ortho intramolecular Hbond substituents is 1. The summed E-state index contributed by atoms with van der Waals surface area (Å²) in [6, 6.07) is 8.37. The van der Waals surface area contributed by atoms with E-state index in [0.29, 0.717) is 12.2 Å². The second-order valence-corrected chi connectivity index (χ2v) is 3.72. The average Bonchev–Trinajstić information content (AvgIpc) is 2.75. The highest BCUT2D eigenvalue weighted by molar-refractivity contribution is 5.68. The Morgan fingerprint density at radius 1 is 1.18 bits per heavy atom. The van der Waals surface area contributed by atoms with Crippen molar-refractivity contribution in [3.8, 4) is 17.1 Å². The van der Waals surface area contributed by atoms with Crippen LogP contribution in [0.2, 0.25) is 0 Å². The summed E-state index contributed by atoms with van der Waals surface area (Å²) in [4.78, 5) is 10.5. The SMILES string of the molecule is O=C(O)CCc1ccoc1-c1ccc(O)cc1. The predicted octanol–water partition coefficient (Wildman–Crippen LogP) is 2.67. The fourth-order valence-corrected chi connectivity index (χ4v) is 1.64. The Kier molecular flexibility index (Phi) is 3.14. The number of aromatic hydroxyl groups is 1. The van der Waals surface area contributed by atoms with E-state index in [0.717, 1.165) is 11.1 Å². The number of carboxylic acid groups (broad SMARTS) is 1. The van der Waals surface area contributed by atoms with Gasteiger partial charge in [0.1, 0.15) is 11.5 Å². The number of hydrogen-bond donors (Lipinski definition) is 2. The molecule has 0 bridgehead atoms. The highest BCUT2D eigenvalue weighted by Gasteiger charge is 2.10. The van der Waals surface area contributed by atoms with Gasteiger partial charge in [-0.3, -0.25) is 4.79 Å². The molecule has 0 amide bonds. The van der Waals surface area contributed by atoms with Gasteiger partial charge in [-0.25, -0.2) is 0 Å². The molecule has 0 aliphatic rings. The van der Waals surface area contributed by atoms with Gasteiger partial charge in [-0.15, -0.1) is 0 Å². The Balaban J connectivity index is 2.24. The van der Waals surface area contributed by atoms with Crippen LogP contribution in [-0.4, -0.2) is 16.2 Å². The molecule has 88 valence electrons. The third-order valence-corrected chi connectivity index (χ3v) is 2.48. The molecule has 0 unspecified atom stereocenters. The number of hydrogen-bond acceptors (Lipinski definition) is 3. The minimum absolute atomic E-state index is 0.0740. The van der Waals surface area contributed by atoms with E-state index in [1.165, 1.54) is 0 Å². The van der Waals surface area contributed by atoms with Crippen LogP contribution in [-0.2, 0) is 11.2 Å². The fourth-order valence-electron chi connectivity index (χ4n) is 1.64. The van der Waals surface area contributed by atoms with E-state index in [1.54, 1.807) is 36.6 Å². The van der Waals surface area contributed by atoms with E-state index in [4.69, 9.17) is 9.52 Å². The van der Waals surface area contributed by atoms with Crippen LogP contribution in [0.4, 0.5) is 0 Å². The summed E-state index contributed by atoms with van der Waals surface area (Å²) >= 11 is 0. The summed E-state index contributed by atoms with van der Waals surface area (Å²) in [6.45, 7) is 0. The molecular formula is C13H12O4. The van der Waals surface area contributed by atoms with Crippen LogP contribution < -0.4 is 0 Å². The Morgan fingerprint density at radius 3 is 2.53 bits per heavy atom. The van der Waals surface area contributed by atoms with Crippen LogP contribution in [0.15, 0.2) is 41.0 Å². The molecular weight excluding hydrogens is 220 g/mol. The molecule has 0 spiro atoms. The topological polar surface area (TPSA) is 70.7 Å². The van der Waals surface area contributed by atoms with Gasteiger partial charge in [-0.05, 0) is 42.3 Å². The highest BCUT2D eigenvalue weighted by atomic mass is 16.4. The standard InChI is InChI=1S/C13H12O4/c14-11-4-1-9(2-5-11)13-10(7-8-17-13)3-6-12(15)16/h1-2,4-5,7-8,14H,3,6H2,(H,15,16). The van der Waals surface area contributed by atoms with Gasteiger partial charge in [0.05, 0.1) is 6.26 Å². The molecule has 0 fully saturated rings. The van der Waals surface area contributed by atoms with Crippen LogP contribution in [0.1, 0.15) is 12.0 Å². The van der Waals surface area contributed by atoms with Crippen molar-refractivity contribution in [3.05, 3.63) is 42.2 Å². The monoisotopic (exact) mass is 232 g/mol. The summed E-state index contributed by atoms with van der Waals surface area (Å²) in [5.74, 6) is 0.0153. The van der Waals surface area contributed by atoms with Crippen molar-refractivity contribution in [2.24, 2.45) is 0 Å². The number of furan rings is 1. The van der Waals surface area contributed by atoms with Crippen molar-refractivity contribution >= 4 is 5.97 Å². The van der Waals surface area contributed by atoms with E-state index in [2.05, 4.69) is 0 Å². The first kappa shape index (κ1) is 11.3. The number of carboxylic acids is 1. The molecule has 0 saturated heterocycles. The Labute approximate surface area is 98.1 Å². The van der Waals surface area contributed by atoms with Crippen molar-refractivity contribution in [3.63, 3.8) is 0 Å². The Bertz CT molecular complexity index is 510. The van der Waals surface area contributed by atoms with Crippen molar-refractivity contribution in [1.29, 1.82) is 0 Å². The number of aliphatic carboxylic acids is 1. The van der Waals surface area contributed by atoms with E-state index in [9.17, 15) is 9.90 Å². The average molecular weight is 232 g/mol. The predicted molar refractivity (Wildman–Crippen MR) is 61.8 cm³/mol. The molecule has 2 aromatic rings. The third-order valence-electron chi connectivity index (χ3n) is 2.48. The van der Waals surface area contributed by atoms with Crippen LogP contribution >= 0.6 is 0 Å². The molecule has 4 nitrogen and oxygen atoms in total. The summed E-state index contributed by atoms with van der Waals surface area (Å²) in [6.07, 6.45) is 2.05. The summed E-state index contributed by atoms with van der Waals surface area (Å²) < 4.78 is 5.35. The van der Waals surface area contributed by atoms with Gasteiger partial charge >= 0.3 is 5.97 Å². The summed E-state index contributed by atoms with van der Waals surface area (Å²) in [7, 11) is 0. The zero-order chi connectivity index (χ0) is 12.3. The lowest BCUT2D eigenvalue weighted by Crippen LogP contribution is -1.97. The molecule has 0 aliphatic heterocycles. The van der Waals surface area contributed by atoms with Gasteiger partial charge in [0.25, 0.3) is 0 Å². The number of aryl methyl sites for hydroxylation is 1. The molecule has 2 rings (SSSR count). The van der Waals surface area contributed by atoms with Crippen LogP contribution in [0.3, 0.4) is 0 Å². The quantitative estimate of drug-likeness (QED) is 0.850. The molecule has 1 aromatic heterocycles. The summed E-state index contributed by atoms with van der Waals surface area (Å²) in [5, 5.41) is 17.8. The first-order chi connectivity index (χ1) is 8.16. The fraction of sp³-hybridized carbons (Fsp3) is 0.154. The molecule has 0 saturated carbocycles. The van der Waals surface area contributed by atoms with Gasteiger partial charge < -0.3 is 14.6 Å². The zero-order valence-electron chi connectivity index (χ0n) is 9.09. The van der Waals surface area contributed by atoms with Gasteiger partial charge in [0.15, 0.2) is 0 Å². The van der Waals surface area contributed by atoms with E-state index < -0.39 is 5.97 Å². The molecule has 0 aliphatic carbocycles. The Morgan fingerprint density at radius 2 is 1.88 bits per heavy atom. The second kappa shape index (κ2) is 4.74. The maximum absolute atomic E-state index is 10.5. The first-order valence-electron chi connectivity index (χ1n) is 5.24. The first-order valence-corrected chi connectivity index (χ1v) is 5.24. The maximum atomic E-state index is 10.5. The van der Waals surface area contributed by atoms with E-state index in [1.807, 2.05) is 0 Å². The van der Waals surface area contributed by atoms with Crippen molar-refractivity contribution in [1.82, 2.24) is 0 Å². The Hall–Kier alpha value is -2.23. The largest absolute Gasteiger partial charge is 0.508 e. The molecule has 0 radical (unpaired) electrons. The number of benzene rings is 1. The molecule has 17 heavy (non-hydrogen) atoms. The van der Waals surface area contributed by atoms with Gasteiger partial charge in [0, 0.05) is 12.0 Å². The zero-order valence-corrected chi connectivity index (χ0v) is 9.09. The van der Waals surface area contributed by atoms with E-state index in [-0.39, 0.29) is 12.2 Å². The lowest BCUT2D eigenvalue weighted by molar-refractivity contribution is -0.136. The van der Waals surface area contributed by atoms with Crippen molar-refractivity contribution in [2.45, 2.75) is 12.8 Å². The normalized spacial score (nSPS) is 10.4.